The first-order chi connectivity index (χ1) is 11.4. The van der Waals surface area contributed by atoms with Crippen molar-refractivity contribution in [3.05, 3.63) is 71.3 Å². The van der Waals surface area contributed by atoms with Crippen molar-refractivity contribution in [1.29, 1.82) is 0 Å². The second kappa shape index (κ2) is 11.9. The standard InChI is InChI=1S/2C9H10O3.Fe/c2*10-8(5-6-9(11)12)7-3-1-2-4-7;/h2*1-4,10H,5-6H2,(H,11,12);. The number of aliphatic hydroxyl groups is 2. The van der Waals surface area contributed by atoms with E-state index in [0.717, 1.165) is 0 Å². The summed E-state index contributed by atoms with van der Waals surface area (Å²) < 4.78 is 0. The first-order valence-corrected chi connectivity index (χ1v) is 7.37. The molecular weight excluding hydrogens is 368 g/mol. The molecule has 2 aliphatic rings. The third kappa shape index (κ3) is 9.39. The molecule has 0 bridgehead atoms. The third-order valence-electron chi connectivity index (χ3n) is 3.14. The van der Waals surface area contributed by atoms with E-state index in [1.165, 1.54) is 0 Å². The molecule has 2 aliphatic carbocycles. The molecule has 25 heavy (non-hydrogen) atoms. The predicted octanol–water partition coefficient (Wildman–Crippen LogP) is 3.58. The van der Waals surface area contributed by atoms with Crippen molar-refractivity contribution in [2.24, 2.45) is 0 Å². The van der Waals surface area contributed by atoms with Gasteiger partial charge >= 0.3 is 11.9 Å². The van der Waals surface area contributed by atoms with Gasteiger partial charge in [-0.15, -0.1) is 0 Å². The maximum atomic E-state index is 10.1. The second-order valence-corrected chi connectivity index (χ2v) is 5.03. The molecule has 6 nitrogen and oxygen atoms in total. The number of allylic oxidation sites excluding steroid dienone is 12. The van der Waals surface area contributed by atoms with Gasteiger partial charge in [-0.05, 0) is 0 Å². The fraction of sp³-hybridized carbons (Fsp3) is 0.222. The van der Waals surface area contributed by atoms with E-state index in [9.17, 15) is 19.8 Å². The Labute approximate surface area is 156 Å². The molecule has 2 rings (SSSR count). The minimum atomic E-state index is -0.895. The predicted molar refractivity (Wildman–Crippen MR) is 89.6 cm³/mol. The molecule has 0 fully saturated rings. The molecule has 4 N–H and O–H groups in total. The number of hydrogen-bond donors (Lipinski definition) is 4. The van der Waals surface area contributed by atoms with Crippen molar-refractivity contribution in [1.82, 2.24) is 0 Å². The summed E-state index contributed by atoms with van der Waals surface area (Å²) in [5, 5.41) is 35.3. The van der Waals surface area contributed by atoms with Crippen LogP contribution in [-0.2, 0) is 26.7 Å². The van der Waals surface area contributed by atoms with Gasteiger partial charge in [0.15, 0.2) is 0 Å². The van der Waals surface area contributed by atoms with E-state index >= 15 is 0 Å². The van der Waals surface area contributed by atoms with Crippen LogP contribution in [0.2, 0.25) is 0 Å². The normalized spacial score (nSPS) is 13.3. The topological polar surface area (TPSA) is 115 Å². The molecule has 0 saturated carbocycles. The number of rotatable bonds is 6. The molecule has 0 aromatic heterocycles. The molecular formula is C18H20FeO6. The van der Waals surface area contributed by atoms with Crippen molar-refractivity contribution in [3.63, 3.8) is 0 Å². The van der Waals surface area contributed by atoms with Gasteiger partial charge in [0.05, 0.1) is 12.8 Å². The van der Waals surface area contributed by atoms with E-state index in [1.807, 2.05) is 0 Å². The molecule has 0 aromatic carbocycles. The molecule has 0 spiro atoms. The van der Waals surface area contributed by atoms with Gasteiger partial charge in [0.1, 0.15) is 11.5 Å². The maximum absolute atomic E-state index is 10.1. The molecule has 0 aromatic rings. The maximum Gasteiger partial charge on any atom is 0.303 e. The minimum absolute atomic E-state index is 0. The van der Waals surface area contributed by atoms with Crippen LogP contribution in [-0.4, -0.2) is 32.4 Å². The summed E-state index contributed by atoms with van der Waals surface area (Å²) in [6.45, 7) is 0. The van der Waals surface area contributed by atoms with Crippen LogP contribution >= 0.6 is 0 Å². The van der Waals surface area contributed by atoms with Crippen LogP contribution in [0.4, 0.5) is 0 Å². The molecule has 0 atom stereocenters. The smallest absolute Gasteiger partial charge is 0.303 e. The zero-order valence-corrected chi connectivity index (χ0v) is 14.5. The van der Waals surface area contributed by atoms with Crippen molar-refractivity contribution >= 4 is 11.9 Å². The average molecular weight is 388 g/mol. The number of hydrogen-bond acceptors (Lipinski definition) is 4. The zero-order chi connectivity index (χ0) is 17.9. The Morgan fingerprint density at radius 1 is 0.600 bits per heavy atom. The molecule has 0 amide bonds. The fourth-order valence-electron chi connectivity index (χ4n) is 1.87. The Morgan fingerprint density at radius 2 is 0.880 bits per heavy atom. The van der Waals surface area contributed by atoms with E-state index in [2.05, 4.69) is 0 Å². The van der Waals surface area contributed by atoms with Crippen LogP contribution in [0.1, 0.15) is 25.7 Å². The van der Waals surface area contributed by atoms with Crippen molar-refractivity contribution < 1.29 is 47.1 Å². The van der Waals surface area contributed by atoms with Crippen molar-refractivity contribution in [2.75, 3.05) is 0 Å². The Bertz CT molecular complexity index is 579. The number of carbonyl (C=O) groups is 2. The summed E-state index contributed by atoms with van der Waals surface area (Å²) in [4.78, 5) is 20.3. The molecule has 0 aliphatic heterocycles. The van der Waals surface area contributed by atoms with Crippen LogP contribution in [0.5, 0.6) is 0 Å². The van der Waals surface area contributed by atoms with Gasteiger partial charge in [-0.1, -0.05) is 48.6 Å². The summed E-state index contributed by atoms with van der Waals surface area (Å²) in [5.74, 6) is -1.51. The molecule has 7 heteroatoms. The summed E-state index contributed by atoms with van der Waals surface area (Å²) in [6.07, 6.45) is 14.5. The molecule has 0 heterocycles. The van der Waals surface area contributed by atoms with Crippen LogP contribution in [0.15, 0.2) is 71.3 Å². The summed E-state index contributed by atoms with van der Waals surface area (Å²) in [6, 6.07) is 0. The summed E-state index contributed by atoms with van der Waals surface area (Å²) in [7, 11) is 0. The van der Waals surface area contributed by atoms with Gasteiger partial charge in [0.25, 0.3) is 0 Å². The fourth-order valence-corrected chi connectivity index (χ4v) is 1.87. The van der Waals surface area contributed by atoms with E-state index in [4.69, 9.17) is 10.2 Å². The molecule has 0 unspecified atom stereocenters. The van der Waals surface area contributed by atoms with Crippen LogP contribution in [0.25, 0.3) is 0 Å². The van der Waals surface area contributed by atoms with Crippen molar-refractivity contribution in [2.45, 2.75) is 25.7 Å². The Hall–Kier alpha value is -2.50. The number of carboxylic acid groups (broad SMARTS) is 2. The van der Waals surface area contributed by atoms with Gasteiger partial charge in [-0.3, -0.25) is 9.59 Å². The van der Waals surface area contributed by atoms with E-state index < -0.39 is 11.9 Å². The van der Waals surface area contributed by atoms with Gasteiger partial charge in [-0.25, -0.2) is 0 Å². The Balaban J connectivity index is 0.000000443. The van der Waals surface area contributed by atoms with Crippen LogP contribution in [0.3, 0.4) is 0 Å². The summed E-state index contributed by atoms with van der Waals surface area (Å²) >= 11 is 0. The number of carboxylic acids is 2. The quantitative estimate of drug-likeness (QED) is 0.409. The van der Waals surface area contributed by atoms with E-state index in [-0.39, 0.29) is 54.3 Å². The van der Waals surface area contributed by atoms with E-state index in [0.29, 0.717) is 11.1 Å². The summed E-state index contributed by atoms with van der Waals surface area (Å²) in [5.41, 5.74) is 1.41. The first kappa shape index (κ1) is 22.5. The number of aliphatic hydroxyl groups excluding tert-OH is 2. The largest absolute Gasteiger partial charge is 0.512 e. The Kier molecular flexibility index (Phi) is 10.8. The van der Waals surface area contributed by atoms with E-state index in [1.54, 1.807) is 48.6 Å². The van der Waals surface area contributed by atoms with Crippen molar-refractivity contribution in [3.8, 4) is 0 Å². The molecule has 0 radical (unpaired) electrons. The number of aliphatic carboxylic acids is 2. The van der Waals surface area contributed by atoms with Crippen LogP contribution in [0, 0.1) is 0 Å². The second-order valence-electron chi connectivity index (χ2n) is 5.03. The van der Waals surface area contributed by atoms with Gasteiger partial charge in [0.2, 0.25) is 0 Å². The molecule has 136 valence electrons. The Morgan fingerprint density at radius 3 is 1.12 bits per heavy atom. The van der Waals surface area contributed by atoms with Gasteiger partial charge < -0.3 is 20.4 Å². The monoisotopic (exact) mass is 388 g/mol. The average Bonchev–Trinajstić information content (AvgIpc) is 3.23. The van der Waals surface area contributed by atoms with Crippen LogP contribution < -0.4 is 0 Å². The first-order valence-electron chi connectivity index (χ1n) is 7.37. The zero-order valence-electron chi connectivity index (χ0n) is 13.4. The third-order valence-corrected chi connectivity index (χ3v) is 3.14. The minimum Gasteiger partial charge on any atom is -0.512 e. The van der Waals surface area contributed by atoms with Gasteiger partial charge in [-0.2, -0.15) is 0 Å². The van der Waals surface area contributed by atoms with Gasteiger partial charge in [0, 0.05) is 41.1 Å². The molecule has 0 saturated heterocycles. The SMILES string of the molecule is O=C(O)CCC(O)=C1C=CC=C1.O=C(O)CCC(O)=C1C=CC=C1.[Fe].